The Kier molecular flexibility index (Phi) is 10.2. The maximum Gasteiger partial charge on any atom is 0.224 e. The first-order valence-electron chi connectivity index (χ1n) is 8.49. The molecule has 144 valence electrons. The van der Waals surface area contributed by atoms with E-state index in [-0.39, 0.29) is 36.8 Å². The fourth-order valence-corrected chi connectivity index (χ4v) is 3.80. The number of halogens is 2. The van der Waals surface area contributed by atoms with Crippen LogP contribution in [0.5, 0.6) is 0 Å². The van der Waals surface area contributed by atoms with Crippen molar-refractivity contribution >= 4 is 42.1 Å². The van der Waals surface area contributed by atoms with Crippen LogP contribution < -0.4 is 5.32 Å². The summed E-state index contributed by atoms with van der Waals surface area (Å²) < 4.78 is 5.42. The number of carbonyl (C=O) groups is 1. The monoisotopic (exact) mass is 410 g/mol. The normalized spacial score (nSPS) is 21.3. The summed E-state index contributed by atoms with van der Waals surface area (Å²) in [7, 11) is 0. The highest BCUT2D eigenvalue weighted by molar-refractivity contribution is 7.09. The zero-order valence-electron chi connectivity index (χ0n) is 14.6. The first-order valence-corrected chi connectivity index (χ1v) is 9.37. The summed E-state index contributed by atoms with van der Waals surface area (Å²) in [5.41, 5.74) is 1.16. The van der Waals surface area contributed by atoms with Crippen molar-refractivity contribution in [1.82, 2.24) is 20.1 Å². The van der Waals surface area contributed by atoms with Crippen molar-refractivity contribution in [3.05, 3.63) is 16.1 Å². The molecular weight excluding hydrogens is 383 g/mol. The van der Waals surface area contributed by atoms with Gasteiger partial charge in [0.2, 0.25) is 5.91 Å². The van der Waals surface area contributed by atoms with Gasteiger partial charge < -0.3 is 15.0 Å². The molecular formula is C16H28Cl2N4O2S. The molecule has 25 heavy (non-hydrogen) atoms. The van der Waals surface area contributed by atoms with Gasteiger partial charge in [0, 0.05) is 57.1 Å². The molecule has 1 unspecified atom stereocenters. The second kappa shape index (κ2) is 11.3. The Bertz CT molecular complexity index is 518. The zero-order valence-corrected chi connectivity index (χ0v) is 17.1. The molecule has 1 atom stereocenters. The van der Waals surface area contributed by atoms with Crippen LogP contribution in [0.15, 0.2) is 5.38 Å². The number of hydrogen-bond donors (Lipinski definition) is 1. The Morgan fingerprint density at radius 2 is 2.12 bits per heavy atom. The number of nitrogens with zero attached hydrogens (tertiary/aromatic N) is 3. The van der Waals surface area contributed by atoms with E-state index in [0.29, 0.717) is 13.0 Å². The lowest BCUT2D eigenvalue weighted by molar-refractivity contribution is -0.134. The van der Waals surface area contributed by atoms with Gasteiger partial charge in [-0.15, -0.1) is 36.2 Å². The summed E-state index contributed by atoms with van der Waals surface area (Å²) in [5, 5.41) is 6.71. The smallest absolute Gasteiger partial charge is 0.224 e. The lowest BCUT2D eigenvalue weighted by Gasteiger charge is -2.35. The minimum Gasteiger partial charge on any atom is -0.378 e. The van der Waals surface area contributed by atoms with Crippen molar-refractivity contribution in [3.8, 4) is 0 Å². The molecule has 2 aliphatic heterocycles. The number of nitrogens with one attached hydrogen (secondary N) is 1. The molecule has 1 aromatic heterocycles. The highest BCUT2D eigenvalue weighted by Crippen LogP contribution is 2.14. The van der Waals surface area contributed by atoms with Crippen LogP contribution in [0.2, 0.25) is 0 Å². The number of amides is 1. The van der Waals surface area contributed by atoms with E-state index in [2.05, 4.69) is 27.5 Å². The van der Waals surface area contributed by atoms with Crippen LogP contribution in [-0.2, 0) is 22.5 Å². The van der Waals surface area contributed by atoms with E-state index < -0.39 is 0 Å². The van der Waals surface area contributed by atoms with E-state index >= 15 is 0 Å². The van der Waals surface area contributed by atoms with Crippen molar-refractivity contribution in [2.45, 2.75) is 32.4 Å². The molecule has 9 heteroatoms. The SMILES string of the molecule is CCc1nc(CN2CCN(C(=O)CC3COCCN3)CC2)cs1.Cl.Cl. The molecule has 0 radical (unpaired) electrons. The topological polar surface area (TPSA) is 57.7 Å². The summed E-state index contributed by atoms with van der Waals surface area (Å²) in [6, 6.07) is 0.178. The van der Waals surface area contributed by atoms with Gasteiger partial charge in [-0.05, 0) is 6.42 Å². The molecule has 2 aliphatic rings. The van der Waals surface area contributed by atoms with Gasteiger partial charge in [-0.2, -0.15) is 0 Å². The highest BCUT2D eigenvalue weighted by atomic mass is 35.5. The summed E-state index contributed by atoms with van der Waals surface area (Å²) >= 11 is 1.74. The zero-order chi connectivity index (χ0) is 16.1. The largest absolute Gasteiger partial charge is 0.378 e. The standard InChI is InChI=1S/C16H26N4O2S.2ClH/c1-2-15-18-14(12-23-15)10-19-4-6-20(7-5-19)16(21)9-13-11-22-8-3-17-13;;/h12-13,17H,2-11H2,1H3;2*1H. The average molecular weight is 411 g/mol. The van der Waals surface area contributed by atoms with Gasteiger partial charge in [0.25, 0.3) is 0 Å². The molecule has 0 aliphatic carbocycles. The van der Waals surface area contributed by atoms with Crippen LogP contribution in [0.4, 0.5) is 0 Å². The molecule has 3 heterocycles. The third-order valence-electron chi connectivity index (χ3n) is 4.43. The Morgan fingerprint density at radius 3 is 2.72 bits per heavy atom. The second-order valence-electron chi connectivity index (χ2n) is 6.17. The number of aromatic nitrogens is 1. The van der Waals surface area contributed by atoms with Crippen molar-refractivity contribution in [1.29, 1.82) is 0 Å². The molecule has 0 saturated carbocycles. The third-order valence-corrected chi connectivity index (χ3v) is 5.47. The third kappa shape index (κ3) is 6.66. The number of rotatable bonds is 5. The summed E-state index contributed by atoms with van der Waals surface area (Å²) in [6.45, 7) is 8.77. The van der Waals surface area contributed by atoms with Crippen molar-refractivity contribution in [2.75, 3.05) is 45.9 Å². The van der Waals surface area contributed by atoms with Crippen LogP contribution >= 0.6 is 36.2 Å². The van der Waals surface area contributed by atoms with Crippen molar-refractivity contribution in [2.24, 2.45) is 0 Å². The first kappa shape index (κ1) is 22.6. The highest BCUT2D eigenvalue weighted by Gasteiger charge is 2.24. The average Bonchev–Trinajstić information content (AvgIpc) is 3.04. The van der Waals surface area contributed by atoms with Gasteiger partial charge in [-0.1, -0.05) is 6.92 Å². The van der Waals surface area contributed by atoms with Crippen LogP contribution in [0, 0.1) is 0 Å². The lowest BCUT2D eigenvalue weighted by Crippen LogP contribution is -2.51. The van der Waals surface area contributed by atoms with Crippen LogP contribution in [0.25, 0.3) is 0 Å². The van der Waals surface area contributed by atoms with Gasteiger partial charge in [0.05, 0.1) is 23.9 Å². The summed E-state index contributed by atoms with van der Waals surface area (Å²) in [5.74, 6) is 0.245. The van der Waals surface area contributed by atoms with Crippen molar-refractivity contribution in [3.63, 3.8) is 0 Å². The Balaban J connectivity index is 0.00000156. The predicted octanol–water partition coefficient (Wildman–Crippen LogP) is 1.57. The van der Waals surface area contributed by atoms with Crippen LogP contribution in [-0.4, -0.2) is 72.7 Å². The molecule has 0 bridgehead atoms. The fraction of sp³-hybridized carbons (Fsp3) is 0.750. The summed E-state index contributed by atoms with van der Waals surface area (Å²) in [6.07, 6.45) is 1.55. The molecule has 2 fully saturated rings. The Morgan fingerprint density at radius 1 is 1.36 bits per heavy atom. The maximum absolute atomic E-state index is 12.4. The van der Waals surface area contributed by atoms with Gasteiger partial charge >= 0.3 is 0 Å². The van der Waals surface area contributed by atoms with E-state index in [9.17, 15) is 4.79 Å². The summed E-state index contributed by atoms with van der Waals surface area (Å²) in [4.78, 5) is 21.4. The van der Waals surface area contributed by atoms with Gasteiger partial charge in [0.1, 0.15) is 0 Å². The van der Waals surface area contributed by atoms with E-state index in [4.69, 9.17) is 4.74 Å². The molecule has 0 spiro atoms. The number of ether oxygens (including phenoxy) is 1. The van der Waals surface area contributed by atoms with E-state index in [0.717, 1.165) is 58.0 Å². The maximum atomic E-state index is 12.4. The predicted molar refractivity (Wildman–Crippen MR) is 105 cm³/mol. The van der Waals surface area contributed by atoms with Crippen LogP contribution in [0.3, 0.4) is 0 Å². The number of piperazine rings is 1. The van der Waals surface area contributed by atoms with E-state index in [1.807, 2.05) is 4.90 Å². The molecule has 0 aromatic carbocycles. The number of hydrogen-bond acceptors (Lipinski definition) is 6. The number of aryl methyl sites for hydroxylation is 1. The van der Waals surface area contributed by atoms with E-state index in [1.54, 1.807) is 11.3 Å². The van der Waals surface area contributed by atoms with Gasteiger partial charge in [-0.3, -0.25) is 9.69 Å². The van der Waals surface area contributed by atoms with Gasteiger partial charge in [0.15, 0.2) is 0 Å². The first-order chi connectivity index (χ1) is 11.2. The van der Waals surface area contributed by atoms with E-state index in [1.165, 1.54) is 5.01 Å². The molecule has 2 saturated heterocycles. The number of morpholine rings is 1. The number of thiazole rings is 1. The molecule has 1 aromatic rings. The van der Waals surface area contributed by atoms with Crippen LogP contribution in [0.1, 0.15) is 24.0 Å². The molecule has 3 rings (SSSR count). The van der Waals surface area contributed by atoms with Crippen molar-refractivity contribution < 1.29 is 9.53 Å². The Hall–Kier alpha value is -0.440. The fourth-order valence-electron chi connectivity index (χ4n) is 3.06. The second-order valence-corrected chi connectivity index (χ2v) is 7.12. The molecule has 1 N–H and O–H groups in total. The quantitative estimate of drug-likeness (QED) is 0.797. The molecule has 6 nitrogen and oxygen atoms in total. The molecule has 1 amide bonds. The van der Waals surface area contributed by atoms with Gasteiger partial charge in [-0.25, -0.2) is 4.98 Å². The number of carbonyl (C=O) groups excluding carboxylic acids is 1. The minimum atomic E-state index is 0. The Labute approximate surface area is 166 Å². The lowest BCUT2D eigenvalue weighted by atomic mass is 10.1. The minimum absolute atomic E-state index is 0.